The van der Waals surface area contributed by atoms with E-state index in [0.29, 0.717) is 16.5 Å². The van der Waals surface area contributed by atoms with E-state index in [4.69, 9.17) is 0 Å². The molecule has 0 spiro atoms. The Labute approximate surface area is 127 Å². The second-order valence-corrected chi connectivity index (χ2v) is 9.91. The smallest absolute Gasteiger partial charge is 0.229 e. The Morgan fingerprint density at radius 3 is 2.70 bits per heavy atom. The lowest BCUT2D eigenvalue weighted by molar-refractivity contribution is 0.543. The summed E-state index contributed by atoms with van der Waals surface area (Å²) in [5.41, 5.74) is 0.653. The first-order chi connectivity index (χ1) is 9.20. The molecule has 1 aliphatic rings. The fourth-order valence-corrected chi connectivity index (χ4v) is 5.96. The van der Waals surface area contributed by atoms with E-state index in [2.05, 4.69) is 20.7 Å². The number of hydrogen-bond acceptors (Lipinski definition) is 4. The highest BCUT2D eigenvalue weighted by Gasteiger charge is 2.29. The first kappa shape index (κ1) is 15.9. The van der Waals surface area contributed by atoms with Crippen molar-refractivity contribution in [2.45, 2.75) is 18.2 Å². The Bertz CT molecular complexity index is 713. The standard InChI is InChI=1S/C12H16BrNO4S2/c1-9-2-3-11(13)6-12(9)20(17,18)14-7-10-4-5-19(15,16)8-10/h2-3,6,10,14H,4-5,7-8H2,1H3. The quantitative estimate of drug-likeness (QED) is 0.855. The van der Waals surface area contributed by atoms with Crippen molar-refractivity contribution in [2.24, 2.45) is 5.92 Å². The van der Waals surface area contributed by atoms with Crippen molar-refractivity contribution >= 4 is 35.8 Å². The van der Waals surface area contributed by atoms with Crippen molar-refractivity contribution in [1.29, 1.82) is 0 Å². The SMILES string of the molecule is Cc1ccc(Br)cc1S(=O)(=O)NCC1CCS(=O)(=O)C1. The maximum atomic E-state index is 12.2. The lowest BCUT2D eigenvalue weighted by Crippen LogP contribution is -2.30. The van der Waals surface area contributed by atoms with Gasteiger partial charge in [-0.2, -0.15) is 0 Å². The molecule has 1 heterocycles. The molecule has 1 aromatic carbocycles. The van der Waals surface area contributed by atoms with Crippen LogP contribution >= 0.6 is 15.9 Å². The third-order valence-electron chi connectivity index (χ3n) is 3.33. The van der Waals surface area contributed by atoms with Gasteiger partial charge in [0.2, 0.25) is 10.0 Å². The summed E-state index contributed by atoms with van der Waals surface area (Å²) in [6.45, 7) is 1.88. The number of sulfonamides is 1. The van der Waals surface area contributed by atoms with Gasteiger partial charge in [-0.05, 0) is 37.0 Å². The Morgan fingerprint density at radius 2 is 2.10 bits per heavy atom. The Morgan fingerprint density at radius 1 is 1.40 bits per heavy atom. The molecule has 0 radical (unpaired) electrons. The zero-order chi connectivity index (χ0) is 15.0. The van der Waals surface area contributed by atoms with Crippen molar-refractivity contribution in [3.05, 3.63) is 28.2 Å². The predicted molar refractivity (Wildman–Crippen MR) is 80.8 cm³/mol. The van der Waals surface area contributed by atoms with Gasteiger partial charge in [-0.3, -0.25) is 0 Å². The Kier molecular flexibility index (Phi) is 4.58. The van der Waals surface area contributed by atoms with Crippen LogP contribution in [0.5, 0.6) is 0 Å². The summed E-state index contributed by atoms with van der Waals surface area (Å²) in [6.07, 6.45) is 0.516. The molecule has 20 heavy (non-hydrogen) atoms. The van der Waals surface area contributed by atoms with Gasteiger partial charge in [0.05, 0.1) is 16.4 Å². The van der Waals surface area contributed by atoms with E-state index in [9.17, 15) is 16.8 Å². The molecule has 1 aliphatic heterocycles. The van der Waals surface area contributed by atoms with Gasteiger partial charge in [-0.15, -0.1) is 0 Å². The molecule has 0 aliphatic carbocycles. The molecule has 5 nitrogen and oxygen atoms in total. The maximum absolute atomic E-state index is 12.2. The van der Waals surface area contributed by atoms with Gasteiger partial charge in [-0.1, -0.05) is 22.0 Å². The van der Waals surface area contributed by atoms with Crippen LogP contribution in [0.15, 0.2) is 27.6 Å². The molecule has 0 saturated carbocycles. The Hall–Kier alpha value is -0.440. The summed E-state index contributed by atoms with van der Waals surface area (Å²) < 4.78 is 50.4. The van der Waals surface area contributed by atoms with E-state index >= 15 is 0 Å². The van der Waals surface area contributed by atoms with E-state index in [1.165, 1.54) is 0 Å². The molecule has 112 valence electrons. The highest BCUT2D eigenvalue weighted by atomic mass is 79.9. The largest absolute Gasteiger partial charge is 0.240 e. The lowest BCUT2D eigenvalue weighted by Gasteiger charge is -2.12. The fraction of sp³-hybridized carbons (Fsp3) is 0.500. The fourth-order valence-electron chi connectivity index (χ4n) is 2.20. The second kappa shape index (κ2) is 5.75. The number of aryl methyl sites for hydroxylation is 1. The number of hydrogen-bond donors (Lipinski definition) is 1. The molecular weight excluding hydrogens is 366 g/mol. The molecule has 1 aromatic rings. The molecule has 1 saturated heterocycles. The summed E-state index contributed by atoms with van der Waals surface area (Å²) in [4.78, 5) is 0.215. The predicted octanol–water partition coefficient (Wildman–Crippen LogP) is 1.47. The molecule has 0 amide bonds. The van der Waals surface area contributed by atoms with E-state index in [1.807, 2.05) is 0 Å². The zero-order valence-corrected chi connectivity index (χ0v) is 14.2. The molecule has 1 fully saturated rings. The van der Waals surface area contributed by atoms with Gasteiger partial charge in [0.15, 0.2) is 9.84 Å². The molecule has 2 rings (SSSR count). The molecule has 0 bridgehead atoms. The minimum absolute atomic E-state index is 0.0625. The van der Waals surface area contributed by atoms with Crippen LogP contribution in [-0.2, 0) is 19.9 Å². The highest BCUT2D eigenvalue weighted by molar-refractivity contribution is 9.10. The van der Waals surface area contributed by atoms with Crippen LogP contribution in [0.25, 0.3) is 0 Å². The van der Waals surface area contributed by atoms with Crippen molar-refractivity contribution in [3.63, 3.8) is 0 Å². The lowest BCUT2D eigenvalue weighted by atomic mass is 10.1. The monoisotopic (exact) mass is 381 g/mol. The van der Waals surface area contributed by atoms with Crippen LogP contribution in [0.2, 0.25) is 0 Å². The van der Waals surface area contributed by atoms with Crippen molar-refractivity contribution in [3.8, 4) is 0 Å². The molecule has 8 heteroatoms. The van der Waals surface area contributed by atoms with Crippen LogP contribution in [0, 0.1) is 12.8 Å². The van der Waals surface area contributed by atoms with Gasteiger partial charge in [-0.25, -0.2) is 21.6 Å². The summed E-state index contributed by atoms with van der Waals surface area (Å²) in [7, 11) is -6.60. The first-order valence-corrected chi connectivity index (χ1v) is 10.3. The average Bonchev–Trinajstić information content (AvgIpc) is 2.70. The molecule has 1 unspecified atom stereocenters. The van der Waals surface area contributed by atoms with E-state index in [-0.39, 0.29) is 28.9 Å². The number of halogens is 1. The second-order valence-electron chi connectivity index (χ2n) is 5.03. The molecule has 1 atom stereocenters. The van der Waals surface area contributed by atoms with Gasteiger partial charge >= 0.3 is 0 Å². The van der Waals surface area contributed by atoms with Gasteiger partial charge in [0.1, 0.15) is 0 Å². The van der Waals surface area contributed by atoms with Crippen LogP contribution in [-0.4, -0.2) is 34.9 Å². The third-order valence-corrected chi connectivity index (χ3v) is 7.22. The third kappa shape index (κ3) is 3.81. The summed E-state index contributed by atoms with van der Waals surface area (Å²) in [5.74, 6) is 0.0738. The van der Waals surface area contributed by atoms with E-state index in [0.717, 1.165) is 0 Å². The Balaban J connectivity index is 2.10. The zero-order valence-electron chi connectivity index (χ0n) is 11.0. The minimum atomic E-state index is -3.61. The van der Waals surface area contributed by atoms with E-state index in [1.54, 1.807) is 25.1 Å². The molecule has 1 N–H and O–H groups in total. The van der Waals surface area contributed by atoms with Crippen molar-refractivity contribution in [2.75, 3.05) is 18.1 Å². The summed E-state index contributed by atoms with van der Waals surface area (Å²) in [5, 5.41) is 0. The van der Waals surface area contributed by atoms with Crippen LogP contribution in [0.4, 0.5) is 0 Å². The summed E-state index contributed by atoms with van der Waals surface area (Å²) in [6, 6.07) is 5.04. The highest BCUT2D eigenvalue weighted by Crippen LogP contribution is 2.22. The van der Waals surface area contributed by atoms with E-state index < -0.39 is 19.9 Å². The molecular formula is C12H16BrNO4S2. The first-order valence-electron chi connectivity index (χ1n) is 6.16. The van der Waals surface area contributed by atoms with Crippen molar-refractivity contribution < 1.29 is 16.8 Å². The van der Waals surface area contributed by atoms with Crippen LogP contribution in [0.1, 0.15) is 12.0 Å². The van der Waals surface area contributed by atoms with Gasteiger partial charge < -0.3 is 0 Å². The minimum Gasteiger partial charge on any atom is -0.229 e. The normalized spacial score (nSPS) is 22.0. The summed E-state index contributed by atoms with van der Waals surface area (Å²) >= 11 is 3.25. The maximum Gasteiger partial charge on any atom is 0.240 e. The number of sulfone groups is 1. The van der Waals surface area contributed by atoms with Gasteiger partial charge in [0.25, 0.3) is 0 Å². The van der Waals surface area contributed by atoms with Gasteiger partial charge in [0, 0.05) is 11.0 Å². The average molecular weight is 382 g/mol. The number of benzene rings is 1. The van der Waals surface area contributed by atoms with Crippen LogP contribution < -0.4 is 4.72 Å². The topological polar surface area (TPSA) is 80.3 Å². The number of rotatable bonds is 4. The van der Waals surface area contributed by atoms with Crippen LogP contribution in [0.3, 0.4) is 0 Å². The molecule has 0 aromatic heterocycles. The van der Waals surface area contributed by atoms with Crippen molar-refractivity contribution in [1.82, 2.24) is 4.72 Å². The number of nitrogens with one attached hydrogen (secondary N) is 1.